The fraction of sp³-hybridized carbons (Fsp3) is 0.667. The number of nitrogens with one attached hydrogen (secondary N) is 2. The minimum atomic E-state index is -0.434. The number of nitrogens with zero attached hydrogens (tertiary/aromatic N) is 4. The molecule has 0 aliphatic carbocycles. The molecule has 0 aliphatic rings. The summed E-state index contributed by atoms with van der Waals surface area (Å²) in [4.78, 5) is 25.7. The van der Waals surface area contributed by atoms with Crippen LogP contribution in [0.5, 0.6) is 6.01 Å². The molecule has 0 radical (unpaired) electrons. The molecule has 0 aliphatic heterocycles. The van der Waals surface area contributed by atoms with E-state index in [1.807, 2.05) is 6.92 Å². The molecule has 1 heterocycles. The lowest BCUT2D eigenvalue weighted by Gasteiger charge is -2.18. The van der Waals surface area contributed by atoms with E-state index in [2.05, 4.69) is 25.6 Å². The van der Waals surface area contributed by atoms with Gasteiger partial charge < -0.3 is 20.3 Å². The summed E-state index contributed by atoms with van der Waals surface area (Å²) in [6.45, 7) is 4.27. The van der Waals surface area contributed by atoms with Gasteiger partial charge in [0.1, 0.15) is 6.04 Å². The van der Waals surface area contributed by atoms with Crippen LogP contribution in [0.2, 0.25) is 0 Å². The molecule has 1 atom stereocenters. The lowest BCUT2D eigenvalue weighted by Crippen LogP contribution is -2.37. The predicted molar refractivity (Wildman–Crippen MR) is 76.9 cm³/mol. The first-order valence-corrected chi connectivity index (χ1v) is 6.52. The fourth-order valence-electron chi connectivity index (χ4n) is 1.43. The number of rotatable bonds is 7. The summed E-state index contributed by atoms with van der Waals surface area (Å²) in [5, 5.41) is 5.77. The second-order valence-corrected chi connectivity index (χ2v) is 4.46. The van der Waals surface area contributed by atoms with Crippen LogP contribution in [0.15, 0.2) is 0 Å². The zero-order chi connectivity index (χ0) is 15.1. The molecule has 0 saturated carbocycles. The van der Waals surface area contributed by atoms with Crippen molar-refractivity contribution < 1.29 is 9.53 Å². The maximum atomic E-state index is 11.8. The molecular weight excluding hydrogens is 260 g/mol. The smallest absolute Gasteiger partial charge is 0.323 e. The summed E-state index contributed by atoms with van der Waals surface area (Å²) in [6, 6.07) is -0.200. The molecule has 0 aromatic carbocycles. The van der Waals surface area contributed by atoms with Gasteiger partial charge in [0.2, 0.25) is 17.8 Å². The van der Waals surface area contributed by atoms with Gasteiger partial charge in [-0.1, -0.05) is 6.92 Å². The minimum Gasteiger partial charge on any atom is -0.463 e. The van der Waals surface area contributed by atoms with E-state index in [1.165, 1.54) is 4.90 Å². The number of hydrogen-bond acceptors (Lipinski definition) is 7. The van der Waals surface area contributed by atoms with Crippen LogP contribution in [-0.4, -0.2) is 59.6 Å². The zero-order valence-electron chi connectivity index (χ0n) is 12.6. The van der Waals surface area contributed by atoms with Crippen molar-refractivity contribution in [3.05, 3.63) is 0 Å². The molecule has 8 heteroatoms. The van der Waals surface area contributed by atoms with Gasteiger partial charge in [-0.05, 0) is 13.3 Å². The van der Waals surface area contributed by atoms with E-state index >= 15 is 0 Å². The van der Waals surface area contributed by atoms with Crippen LogP contribution < -0.4 is 15.4 Å². The van der Waals surface area contributed by atoms with Crippen molar-refractivity contribution in [1.29, 1.82) is 0 Å². The molecule has 1 rings (SSSR count). The Morgan fingerprint density at radius 2 is 1.95 bits per heavy atom. The van der Waals surface area contributed by atoms with Crippen LogP contribution >= 0.6 is 0 Å². The standard InChI is InChI=1S/C12H22N6O2/c1-6-7-20-12-16-10(13-3)15-11(17-12)14-8(2)9(19)18(4)5/h8H,6-7H2,1-5H3,(H2,13,14,15,16,17). The summed E-state index contributed by atoms with van der Waals surface area (Å²) < 4.78 is 5.39. The number of amides is 1. The maximum absolute atomic E-state index is 11.8. The van der Waals surface area contributed by atoms with Gasteiger partial charge in [-0.25, -0.2) is 0 Å². The van der Waals surface area contributed by atoms with E-state index in [0.29, 0.717) is 18.5 Å². The topological polar surface area (TPSA) is 92.3 Å². The zero-order valence-corrected chi connectivity index (χ0v) is 12.6. The molecule has 1 aromatic rings. The van der Waals surface area contributed by atoms with Crippen molar-refractivity contribution in [3.63, 3.8) is 0 Å². The second-order valence-electron chi connectivity index (χ2n) is 4.46. The van der Waals surface area contributed by atoms with E-state index < -0.39 is 6.04 Å². The van der Waals surface area contributed by atoms with Crippen LogP contribution in [-0.2, 0) is 4.79 Å². The first-order chi connectivity index (χ1) is 9.47. The van der Waals surface area contributed by atoms with Crippen LogP contribution in [0, 0.1) is 0 Å². The molecule has 0 saturated heterocycles. The van der Waals surface area contributed by atoms with E-state index in [0.717, 1.165) is 6.42 Å². The third kappa shape index (κ3) is 4.52. The number of aromatic nitrogens is 3. The largest absolute Gasteiger partial charge is 0.463 e. The molecule has 1 amide bonds. The molecule has 8 nitrogen and oxygen atoms in total. The summed E-state index contributed by atoms with van der Waals surface area (Å²) in [6.07, 6.45) is 0.860. The Morgan fingerprint density at radius 1 is 1.30 bits per heavy atom. The molecule has 1 unspecified atom stereocenters. The Kier molecular flexibility index (Phi) is 5.95. The fourth-order valence-corrected chi connectivity index (χ4v) is 1.43. The molecule has 2 N–H and O–H groups in total. The Bertz CT molecular complexity index is 452. The van der Waals surface area contributed by atoms with Crippen LogP contribution in [0.4, 0.5) is 11.9 Å². The van der Waals surface area contributed by atoms with Crippen molar-refractivity contribution in [2.24, 2.45) is 0 Å². The second kappa shape index (κ2) is 7.46. The molecule has 0 spiro atoms. The molecule has 0 bridgehead atoms. The minimum absolute atomic E-state index is 0.0625. The molecular formula is C12H22N6O2. The van der Waals surface area contributed by atoms with Gasteiger partial charge in [0.25, 0.3) is 0 Å². The SMILES string of the molecule is CCCOc1nc(NC)nc(NC(C)C(=O)N(C)C)n1. The van der Waals surface area contributed by atoms with E-state index in [-0.39, 0.29) is 11.9 Å². The third-order valence-corrected chi connectivity index (χ3v) is 2.43. The monoisotopic (exact) mass is 282 g/mol. The Morgan fingerprint density at radius 3 is 2.50 bits per heavy atom. The highest BCUT2D eigenvalue weighted by molar-refractivity contribution is 5.83. The highest BCUT2D eigenvalue weighted by Gasteiger charge is 2.17. The van der Waals surface area contributed by atoms with Gasteiger partial charge >= 0.3 is 6.01 Å². The number of ether oxygens (including phenoxy) is 1. The van der Waals surface area contributed by atoms with Gasteiger partial charge in [0.05, 0.1) is 6.61 Å². The molecule has 112 valence electrons. The number of likely N-dealkylation sites (N-methyl/N-ethyl adjacent to an activating group) is 1. The highest BCUT2D eigenvalue weighted by Crippen LogP contribution is 2.12. The Hall–Kier alpha value is -2.12. The Labute approximate surface area is 119 Å². The molecule has 20 heavy (non-hydrogen) atoms. The van der Waals surface area contributed by atoms with Crippen molar-refractivity contribution >= 4 is 17.8 Å². The van der Waals surface area contributed by atoms with Crippen molar-refractivity contribution in [1.82, 2.24) is 19.9 Å². The summed E-state index contributed by atoms with van der Waals surface area (Å²) in [7, 11) is 5.10. The van der Waals surface area contributed by atoms with Gasteiger partial charge in [-0.3, -0.25) is 4.79 Å². The number of carbonyl (C=O) groups excluding carboxylic acids is 1. The lowest BCUT2D eigenvalue weighted by atomic mass is 10.3. The lowest BCUT2D eigenvalue weighted by molar-refractivity contribution is -0.129. The van der Waals surface area contributed by atoms with Gasteiger partial charge in [0.15, 0.2) is 0 Å². The third-order valence-electron chi connectivity index (χ3n) is 2.43. The maximum Gasteiger partial charge on any atom is 0.323 e. The molecule has 1 aromatic heterocycles. The first kappa shape index (κ1) is 15.9. The van der Waals surface area contributed by atoms with Crippen LogP contribution in [0.3, 0.4) is 0 Å². The number of hydrogen-bond donors (Lipinski definition) is 2. The first-order valence-electron chi connectivity index (χ1n) is 6.52. The van der Waals surface area contributed by atoms with Gasteiger partial charge in [-0.2, -0.15) is 15.0 Å². The number of anilines is 2. The normalized spacial score (nSPS) is 11.7. The highest BCUT2D eigenvalue weighted by atomic mass is 16.5. The van der Waals surface area contributed by atoms with Crippen LogP contribution in [0.25, 0.3) is 0 Å². The Balaban J connectivity index is 2.85. The molecule has 0 fully saturated rings. The van der Waals surface area contributed by atoms with Crippen molar-refractivity contribution in [2.75, 3.05) is 38.4 Å². The summed E-state index contributed by atoms with van der Waals surface area (Å²) >= 11 is 0. The number of carbonyl (C=O) groups is 1. The average molecular weight is 282 g/mol. The summed E-state index contributed by atoms with van der Waals surface area (Å²) in [5.41, 5.74) is 0. The van der Waals surface area contributed by atoms with Gasteiger partial charge in [0, 0.05) is 21.1 Å². The van der Waals surface area contributed by atoms with E-state index in [9.17, 15) is 4.79 Å². The van der Waals surface area contributed by atoms with E-state index in [1.54, 1.807) is 28.1 Å². The van der Waals surface area contributed by atoms with Crippen molar-refractivity contribution in [3.8, 4) is 6.01 Å². The van der Waals surface area contributed by atoms with Crippen molar-refractivity contribution in [2.45, 2.75) is 26.3 Å². The quantitative estimate of drug-likeness (QED) is 0.756. The summed E-state index contributed by atoms with van der Waals surface area (Å²) in [5.74, 6) is 0.628. The predicted octanol–water partition coefficient (Wildman–Crippen LogP) is 0.591. The van der Waals surface area contributed by atoms with Crippen LogP contribution in [0.1, 0.15) is 20.3 Å². The average Bonchev–Trinajstić information content (AvgIpc) is 2.43. The van der Waals surface area contributed by atoms with E-state index in [4.69, 9.17) is 4.74 Å². The van der Waals surface area contributed by atoms with Gasteiger partial charge in [-0.15, -0.1) is 0 Å².